The summed E-state index contributed by atoms with van der Waals surface area (Å²) in [5, 5.41) is 2.19. The van der Waals surface area contributed by atoms with Crippen LogP contribution in [0.1, 0.15) is 44.5 Å². The molecule has 0 radical (unpaired) electrons. The molecule has 0 aliphatic heterocycles. The third kappa shape index (κ3) is 4.44. The van der Waals surface area contributed by atoms with Crippen molar-refractivity contribution in [3.63, 3.8) is 0 Å². The van der Waals surface area contributed by atoms with Crippen LogP contribution in [0, 0.1) is 0 Å². The van der Waals surface area contributed by atoms with E-state index in [-0.39, 0.29) is 0 Å². The third-order valence-electron chi connectivity index (χ3n) is 14.6. The van der Waals surface area contributed by atoms with E-state index >= 15 is 0 Å². The second kappa shape index (κ2) is 13.2. The van der Waals surface area contributed by atoms with Crippen LogP contribution in [0.3, 0.4) is 0 Å². The van der Waals surface area contributed by atoms with Gasteiger partial charge in [0.05, 0.1) is 27.6 Å². The first-order chi connectivity index (χ1) is 31.8. The summed E-state index contributed by atoms with van der Waals surface area (Å²) in [6, 6.07) is 87.7. The van der Waals surface area contributed by atoms with E-state index in [2.05, 4.69) is 241 Å². The molecular formula is C62H39NO. The first-order valence-corrected chi connectivity index (χ1v) is 22.3. The molecule has 0 bridgehead atoms. The van der Waals surface area contributed by atoms with Gasteiger partial charge in [-0.2, -0.15) is 0 Å². The molecule has 64 heavy (non-hydrogen) atoms. The van der Waals surface area contributed by atoms with Gasteiger partial charge in [-0.25, -0.2) is 0 Å². The number of benzene rings is 10. The molecule has 0 saturated carbocycles. The average molecular weight is 814 g/mol. The highest BCUT2D eigenvalue weighted by Gasteiger charge is 2.52. The van der Waals surface area contributed by atoms with E-state index in [4.69, 9.17) is 4.42 Å². The van der Waals surface area contributed by atoms with Gasteiger partial charge in [0.1, 0.15) is 11.2 Å². The first-order valence-electron chi connectivity index (χ1n) is 22.3. The topological polar surface area (TPSA) is 16.4 Å². The van der Waals surface area contributed by atoms with E-state index in [1.165, 1.54) is 77.9 Å². The maximum Gasteiger partial charge on any atom is 0.137 e. The summed E-state index contributed by atoms with van der Waals surface area (Å²) >= 11 is 0. The van der Waals surface area contributed by atoms with Gasteiger partial charge in [0.15, 0.2) is 0 Å². The predicted octanol–water partition coefficient (Wildman–Crippen LogP) is 15.8. The highest BCUT2D eigenvalue weighted by Crippen LogP contribution is 2.64. The molecule has 1 heterocycles. The Labute approximate surface area is 372 Å². The Bertz CT molecular complexity index is 3590. The highest BCUT2D eigenvalue weighted by atomic mass is 16.3. The molecule has 0 fully saturated rings. The van der Waals surface area contributed by atoms with E-state index in [0.29, 0.717) is 0 Å². The number of nitrogens with zero attached hydrogens (tertiary/aromatic N) is 1. The summed E-state index contributed by atoms with van der Waals surface area (Å²) in [5.41, 5.74) is 21.9. The van der Waals surface area contributed by atoms with Gasteiger partial charge in [0.25, 0.3) is 0 Å². The lowest BCUT2D eigenvalue weighted by Gasteiger charge is -2.35. The molecule has 10 aromatic carbocycles. The van der Waals surface area contributed by atoms with Crippen LogP contribution in [0.5, 0.6) is 0 Å². The van der Waals surface area contributed by atoms with Gasteiger partial charge in [0.2, 0.25) is 0 Å². The highest BCUT2D eigenvalue weighted by molar-refractivity contribution is 6.14. The van der Waals surface area contributed by atoms with Crippen LogP contribution in [-0.2, 0) is 10.8 Å². The Morgan fingerprint density at radius 3 is 1.42 bits per heavy atom. The number of hydrogen-bond acceptors (Lipinski definition) is 2. The molecule has 0 N–H and O–H groups in total. The monoisotopic (exact) mass is 813 g/mol. The molecule has 0 amide bonds. The van der Waals surface area contributed by atoms with E-state index < -0.39 is 10.8 Å². The van der Waals surface area contributed by atoms with Gasteiger partial charge in [-0.3, -0.25) is 0 Å². The van der Waals surface area contributed by atoms with Gasteiger partial charge in [0, 0.05) is 16.6 Å². The standard InChI is InChI=1S/C62H39NO/c1-3-19-40(20-4-1)61(41-21-5-2-6-22-41)52-31-15-10-26-47(52)59-53(61)32-17-33-55(59)63(56-34-18-36-58-60(56)48-27-11-16-35-57(48)64-58)42-37-38-46-45-25-9-14-30-51(45)62(54(46)39-42)49-28-12-7-23-43(49)44-24-8-13-29-50(44)62/h1-39H. The van der Waals surface area contributed by atoms with Gasteiger partial charge >= 0.3 is 0 Å². The lowest BCUT2D eigenvalue weighted by molar-refractivity contribution is 0.669. The Morgan fingerprint density at radius 2 is 0.781 bits per heavy atom. The fourth-order valence-corrected chi connectivity index (χ4v) is 12.2. The summed E-state index contributed by atoms with van der Waals surface area (Å²) in [7, 11) is 0. The fraction of sp³-hybridized carbons (Fsp3) is 0.0323. The number of anilines is 3. The van der Waals surface area contributed by atoms with Crippen molar-refractivity contribution >= 4 is 39.0 Å². The molecule has 1 aromatic heterocycles. The Morgan fingerprint density at radius 1 is 0.312 bits per heavy atom. The van der Waals surface area contributed by atoms with E-state index in [1.54, 1.807) is 0 Å². The number of fused-ring (bicyclic) bond motifs is 16. The summed E-state index contributed by atoms with van der Waals surface area (Å²) in [5.74, 6) is 0. The molecule has 2 heteroatoms. The van der Waals surface area contributed by atoms with Crippen molar-refractivity contribution in [3.8, 4) is 33.4 Å². The first kappa shape index (κ1) is 35.4. The fourth-order valence-electron chi connectivity index (χ4n) is 12.2. The van der Waals surface area contributed by atoms with Crippen LogP contribution in [0.25, 0.3) is 55.3 Å². The van der Waals surface area contributed by atoms with E-state index in [1.807, 2.05) is 0 Å². The summed E-state index contributed by atoms with van der Waals surface area (Å²) in [6.07, 6.45) is 0. The van der Waals surface area contributed by atoms with Crippen molar-refractivity contribution in [1.82, 2.24) is 0 Å². The quantitative estimate of drug-likeness (QED) is 0.172. The molecule has 0 atom stereocenters. The Balaban J connectivity index is 1.11. The molecular weight excluding hydrogens is 775 g/mol. The molecule has 1 spiro atoms. The minimum Gasteiger partial charge on any atom is -0.456 e. The van der Waals surface area contributed by atoms with Crippen LogP contribution in [0.15, 0.2) is 241 Å². The lowest BCUT2D eigenvalue weighted by atomic mass is 9.68. The molecule has 3 aliphatic carbocycles. The minimum atomic E-state index is -0.550. The van der Waals surface area contributed by atoms with E-state index in [0.717, 1.165) is 39.0 Å². The van der Waals surface area contributed by atoms with Crippen molar-refractivity contribution in [1.29, 1.82) is 0 Å². The second-order valence-electron chi connectivity index (χ2n) is 17.4. The van der Waals surface area contributed by atoms with Gasteiger partial charge in [-0.1, -0.05) is 200 Å². The number of hydrogen-bond donors (Lipinski definition) is 0. The Hall–Kier alpha value is -8.20. The maximum atomic E-state index is 6.66. The van der Waals surface area contributed by atoms with Crippen LogP contribution in [-0.4, -0.2) is 0 Å². The molecule has 11 aromatic rings. The van der Waals surface area contributed by atoms with E-state index in [9.17, 15) is 0 Å². The maximum absolute atomic E-state index is 6.66. The van der Waals surface area contributed by atoms with Crippen molar-refractivity contribution in [2.24, 2.45) is 0 Å². The van der Waals surface area contributed by atoms with Crippen molar-refractivity contribution in [2.45, 2.75) is 10.8 Å². The molecule has 298 valence electrons. The smallest absolute Gasteiger partial charge is 0.137 e. The number of para-hydroxylation sites is 1. The Kier molecular flexibility index (Phi) is 7.28. The summed E-state index contributed by atoms with van der Waals surface area (Å²) in [4.78, 5) is 2.54. The van der Waals surface area contributed by atoms with Crippen LogP contribution < -0.4 is 4.90 Å². The molecule has 0 saturated heterocycles. The summed E-state index contributed by atoms with van der Waals surface area (Å²) in [6.45, 7) is 0. The zero-order chi connectivity index (χ0) is 42.0. The van der Waals surface area contributed by atoms with Crippen LogP contribution in [0.4, 0.5) is 17.1 Å². The van der Waals surface area contributed by atoms with Gasteiger partial charge in [-0.15, -0.1) is 0 Å². The normalized spacial score (nSPS) is 14.2. The predicted molar refractivity (Wildman–Crippen MR) is 262 cm³/mol. The zero-order valence-corrected chi connectivity index (χ0v) is 34.9. The van der Waals surface area contributed by atoms with Gasteiger partial charge in [-0.05, 0) is 109 Å². The minimum absolute atomic E-state index is 0.490. The summed E-state index contributed by atoms with van der Waals surface area (Å²) < 4.78 is 6.66. The van der Waals surface area contributed by atoms with Gasteiger partial charge < -0.3 is 9.32 Å². The van der Waals surface area contributed by atoms with Crippen LogP contribution >= 0.6 is 0 Å². The molecule has 3 aliphatic rings. The number of rotatable bonds is 5. The average Bonchev–Trinajstić information content (AvgIpc) is 4.08. The third-order valence-corrected chi connectivity index (χ3v) is 14.6. The lowest BCUT2D eigenvalue weighted by Crippen LogP contribution is -2.28. The largest absolute Gasteiger partial charge is 0.456 e. The zero-order valence-electron chi connectivity index (χ0n) is 34.9. The van der Waals surface area contributed by atoms with Crippen molar-refractivity contribution in [2.75, 3.05) is 4.90 Å². The second-order valence-corrected chi connectivity index (χ2v) is 17.4. The molecule has 0 unspecified atom stereocenters. The van der Waals surface area contributed by atoms with Crippen molar-refractivity contribution < 1.29 is 4.42 Å². The number of furan rings is 1. The molecule has 2 nitrogen and oxygen atoms in total. The SMILES string of the molecule is c1ccc(C2(c3ccccc3)c3ccccc3-c3c(N(c4ccc5c(c4)C4(c6ccccc6-c6ccccc64)c4ccccc4-5)c4cccc5oc6ccccc6c45)cccc32)cc1. The van der Waals surface area contributed by atoms with Crippen molar-refractivity contribution in [3.05, 3.63) is 281 Å². The molecule has 14 rings (SSSR count). The van der Waals surface area contributed by atoms with Crippen LogP contribution in [0.2, 0.25) is 0 Å².